The van der Waals surface area contributed by atoms with Crippen LogP contribution in [-0.4, -0.2) is 13.2 Å². The molecule has 20 heavy (non-hydrogen) atoms. The zero-order chi connectivity index (χ0) is 14.5. The molecule has 0 unspecified atom stereocenters. The van der Waals surface area contributed by atoms with E-state index in [1.165, 1.54) is 0 Å². The van der Waals surface area contributed by atoms with Crippen molar-refractivity contribution in [2.45, 2.75) is 26.5 Å². The highest BCUT2D eigenvalue weighted by Crippen LogP contribution is 2.32. The van der Waals surface area contributed by atoms with Crippen LogP contribution in [0, 0.1) is 0 Å². The van der Waals surface area contributed by atoms with Gasteiger partial charge < -0.3 is 10.1 Å². The number of rotatable bonds is 5. The Morgan fingerprint density at radius 2 is 1.90 bits per heavy atom. The van der Waals surface area contributed by atoms with Gasteiger partial charge in [-0.3, -0.25) is 0 Å². The average molecular weight is 290 g/mol. The predicted octanol–water partition coefficient (Wildman–Crippen LogP) is 4.51. The molecule has 2 nitrogen and oxygen atoms in total. The molecule has 106 valence electrons. The standard InChI is InChI=1S/C17H20ClNO/c1-12(2)20-17-7-5-4-6-15(17)13-8-9-16(18)14(10-13)11-19-3/h4-10,12,19H,11H2,1-3H3. The van der Waals surface area contributed by atoms with Crippen LogP contribution in [-0.2, 0) is 6.54 Å². The molecule has 0 fully saturated rings. The van der Waals surface area contributed by atoms with E-state index in [1.807, 2.05) is 51.2 Å². The first-order valence-corrected chi connectivity index (χ1v) is 7.18. The van der Waals surface area contributed by atoms with Gasteiger partial charge in [0, 0.05) is 17.1 Å². The van der Waals surface area contributed by atoms with Crippen molar-refractivity contribution < 1.29 is 4.74 Å². The molecule has 0 radical (unpaired) electrons. The van der Waals surface area contributed by atoms with Crippen LogP contribution in [0.2, 0.25) is 5.02 Å². The minimum Gasteiger partial charge on any atom is -0.490 e. The highest BCUT2D eigenvalue weighted by molar-refractivity contribution is 6.31. The molecule has 0 aliphatic rings. The molecule has 0 heterocycles. The molecular formula is C17H20ClNO. The summed E-state index contributed by atoms with van der Waals surface area (Å²) in [4.78, 5) is 0. The topological polar surface area (TPSA) is 21.3 Å². The summed E-state index contributed by atoms with van der Waals surface area (Å²) >= 11 is 6.22. The summed E-state index contributed by atoms with van der Waals surface area (Å²) in [6.07, 6.45) is 0.153. The molecule has 2 rings (SSSR count). The Morgan fingerprint density at radius 3 is 2.60 bits per heavy atom. The number of hydrogen-bond acceptors (Lipinski definition) is 2. The Hall–Kier alpha value is -1.51. The van der Waals surface area contributed by atoms with E-state index in [9.17, 15) is 0 Å². The average Bonchev–Trinajstić information content (AvgIpc) is 2.42. The normalized spacial score (nSPS) is 10.8. The highest BCUT2D eigenvalue weighted by Gasteiger charge is 2.09. The maximum absolute atomic E-state index is 6.22. The summed E-state index contributed by atoms with van der Waals surface area (Å²) in [6.45, 7) is 4.82. The van der Waals surface area contributed by atoms with E-state index in [1.54, 1.807) is 0 Å². The molecule has 1 N–H and O–H groups in total. The smallest absolute Gasteiger partial charge is 0.127 e. The number of ether oxygens (including phenoxy) is 1. The second-order valence-corrected chi connectivity index (χ2v) is 5.41. The van der Waals surface area contributed by atoms with Gasteiger partial charge in [0.2, 0.25) is 0 Å². The number of para-hydroxylation sites is 1. The largest absolute Gasteiger partial charge is 0.490 e. The lowest BCUT2D eigenvalue weighted by atomic mass is 10.0. The molecular weight excluding hydrogens is 270 g/mol. The van der Waals surface area contributed by atoms with Crippen LogP contribution < -0.4 is 10.1 Å². The molecule has 2 aromatic rings. The molecule has 0 aliphatic carbocycles. The Kier molecular flexibility index (Phi) is 5.05. The zero-order valence-corrected chi connectivity index (χ0v) is 12.9. The molecule has 0 spiro atoms. The van der Waals surface area contributed by atoms with Gasteiger partial charge in [0.1, 0.15) is 5.75 Å². The second kappa shape index (κ2) is 6.78. The van der Waals surface area contributed by atoms with Gasteiger partial charge in [-0.2, -0.15) is 0 Å². The predicted molar refractivity (Wildman–Crippen MR) is 85.4 cm³/mol. The minimum atomic E-state index is 0.153. The summed E-state index contributed by atoms with van der Waals surface area (Å²) in [5.74, 6) is 0.903. The Morgan fingerprint density at radius 1 is 1.15 bits per heavy atom. The number of halogens is 1. The van der Waals surface area contributed by atoms with E-state index in [0.29, 0.717) is 0 Å². The van der Waals surface area contributed by atoms with Crippen molar-refractivity contribution in [2.75, 3.05) is 7.05 Å². The lowest BCUT2D eigenvalue weighted by Gasteiger charge is -2.15. The lowest BCUT2D eigenvalue weighted by Crippen LogP contribution is -2.07. The van der Waals surface area contributed by atoms with Crippen molar-refractivity contribution in [2.24, 2.45) is 0 Å². The molecule has 0 saturated carbocycles. The SMILES string of the molecule is CNCc1cc(-c2ccccc2OC(C)C)ccc1Cl. The number of benzene rings is 2. The molecule has 0 bridgehead atoms. The van der Waals surface area contributed by atoms with Gasteiger partial charge in [-0.05, 0) is 50.2 Å². The van der Waals surface area contributed by atoms with Crippen LogP contribution in [0.5, 0.6) is 5.75 Å². The third-order valence-corrected chi connectivity index (χ3v) is 3.34. The molecule has 0 aliphatic heterocycles. The van der Waals surface area contributed by atoms with E-state index in [0.717, 1.165) is 34.0 Å². The van der Waals surface area contributed by atoms with E-state index in [2.05, 4.69) is 17.4 Å². The fourth-order valence-corrected chi connectivity index (χ4v) is 2.31. The van der Waals surface area contributed by atoms with Gasteiger partial charge in [-0.15, -0.1) is 0 Å². The van der Waals surface area contributed by atoms with Crippen LogP contribution in [0.3, 0.4) is 0 Å². The summed E-state index contributed by atoms with van der Waals surface area (Å²) in [5, 5.41) is 3.92. The van der Waals surface area contributed by atoms with Crippen molar-refractivity contribution in [3.05, 3.63) is 53.1 Å². The fourth-order valence-electron chi connectivity index (χ4n) is 2.13. The molecule has 2 aromatic carbocycles. The third-order valence-electron chi connectivity index (χ3n) is 2.97. The first-order chi connectivity index (χ1) is 9.61. The van der Waals surface area contributed by atoms with Crippen LogP contribution in [0.15, 0.2) is 42.5 Å². The first-order valence-electron chi connectivity index (χ1n) is 6.81. The van der Waals surface area contributed by atoms with Crippen LogP contribution in [0.25, 0.3) is 11.1 Å². The van der Waals surface area contributed by atoms with E-state index < -0.39 is 0 Å². The maximum Gasteiger partial charge on any atom is 0.127 e. The van der Waals surface area contributed by atoms with Crippen LogP contribution in [0.1, 0.15) is 19.4 Å². The quantitative estimate of drug-likeness (QED) is 0.874. The van der Waals surface area contributed by atoms with Gasteiger partial charge in [-0.25, -0.2) is 0 Å². The van der Waals surface area contributed by atoms with Crippen molar-refractivity contribution in [3.63, 3.8) is 0 Å². The van der Waals surface area contributed by atoms with Crippen molar-refractivity contribution >= 4 is 11.6 Å². The Labute approximate surface area is 125 Å². The van der Waals surface area contributed by atoms with Crippen LogP contribution >= 0.6 is 11.6 Å². The van der Waals surface area contributed by atoms with E-state index in [4.69, 9.17) is 16.3 Å². The number of nitrogens with one attached hydrogen (secondary N) is 1. The summed E-state index contributed by atoms with van der Waals surface area (Å²) in [6, 6.07) is 14.2. The third kappa shape index (κ3) is 3.53. The maximum atomic E-state index is 6.22. The van der Waals surface area contributed by atoms with Crippen molar-refractivity contribution in [1.82, 2.24) is 5.32 Å². The Bertz CT molecular complexity index is 581. The number of hydrogen-bond donors (Lipinski definition) is 1. The van der Waals surface area contributed by atoms with Gasteiger partial charge >= 0.3 is 0 Å². The molecule has 3 heteroatoms. The molecule has 0 aromatic heterocycles. The fraction of sp³-hybridized carbons (Fsp3) is 0.294. The Balaban J connectivity index is 2.43. The summed E-state index contributed by atoms with van der Waals surface area (Å²) < 4.78 is 5.88. The van der Waals surface area contributed by atoms with E-state index in [-0.39, 0.29) is 6.10 Å². The van der Waals surface area contributed by atoms with Gasteiger partial charge in [0.25, 0.3) is 0 Å². The minimum absolute atomic E-state index is 0.153. The van der Waals surface area contributed by atoms with E-state index >= 15 is 0 Å². The van der Waals surface area contributed by atoms with Crippen LogP contribution in [0.4, 0.5) is 0 Å². The van der Waals surface area contributed by atoms with Gasteiger partial charge in [0.15, 0.2) is 0 Å². The molecule has 0 amide bonds. The highest BCUT2D eigenvalue weighted by atomic mass is 35.5. The summed E-state index contributed by atoms with van der Waals surface area (Å²) in [5.41, 5.74) is 3.30. The molecule has 0 saturated heterocycles. The molecule has 0 atom stereocenters. The van der Waals surface area contributed by atoms with Gasteiger partial charge in [0.05, 0.1) is 6.10 Å². The van der Waals surface area contributed by atoms with Gasteiger partial charge in [-0.1, -0.05) is 35.9 Å². The zero-order valence-electron chi connectivity index (χ0n) is 12.1. The lowest BCUT2D eigenvalue weighted by molar-refractivity contribution is 0.243. The van der Waals surface area contributed by atoms with Crippen molar-refractivity contribution in [1.29, 1.82) is 0 Å². The second-order valence-electron chi connectivity index (χ2n) is 5.00. The summed E-state index contributed by atoms with van der Waals surface area (Å²) in [7, 11) is 1.92. The monoisotopic (exact) mass is 289 g/mol. The van der Waals surface area contributed by atoms with Crippen molar-refractivity contribution in [3.8, 4) is 16.9 Å². The first kappa shape index (κ1) is 14.9.